The first-order valence-corrected chi connectivity index (χ1v) is 6.39. The molecule has 94 valence electrons. The maximum Gasteiger partial charge on any atom is 0.736 e. The van der Waals surface area contributed by atoms with E-state index in [1.54, 1.807) is 24.3 Å². The minimum atomic E-state index is -3.72. The number of nitrogens with zero attached hydrogens (tertiary/aromatic N) is 2. The smallest absolute Gasteiger partial charge is 0.396 e. The summed E-state index contributed by atoms with van der Waals surface area (Å²) < 4.78 is 30.9. The van der Waals surface area contributed by atoms with Gasteiger partial charge in [-0.25, -0.2) is 0 Å². The van der Waals surface area contributed by atoms with Crippen LogP contribution in [0.4, 0.5) is 8.63 Å². The van der Waals surface area contributed by atoms with Crippen LogP contribution in [0.1, 0.15) is 31.9 Å². The van der Waals surface area contributed by atoms with Crippen LogP contribution in [-0.2, 0) is 0 Å². The predicted molar refractivity (Wildman–Crippen MR) is 69.7 cm³/mol. The van der Waals surface area contributed by atoms with E-state index in [1.807, 2.05) is 0 Å². The SMILES string of the molecule is CCCCC1=C2C=CC=[N+]2[B-](F)(F)n2cccc21. The third-order valence-electron chi connectivity index (χ3n) is 3.63. The van der Waals surface area contributed by atoms with Gasteiger partial charge in [-0.05, 0) is 31.2 Å². The fraction of sp³-hybridized carbons (Fsp3) is 0.308. The van der Waals surface area contributed by atoms with Gasteiger partial charge in [-0.2, -0.15) is 0 Å². The molecule has 0 amide bonds. The molecule has 0 bridgehead atoms. The first-order chi connectivity index (χ1) is 8.66. The zero-order valence-electron chi connectivity index (χ0n) is 10.3. The van der Waals surface area contributed by atoms with E-state index in [0.29, 0.717) is 11.4 Å². The van der Waals surface area contributed by atoms with Gasteiger partial charge in [0.15, 0.2) is 5.70 Å². The molecule has 1 aromatic heterocycles. The summed E-state index contributed by atoms with van der Waals surface area (Å²) in [7, 11) is 0. The molecule has 0 unspecified atom stereocenters. The van der Waals surface area contributed by atoms with Crippen LogP contribution < -0.4 is 0 Å². The number of aromatic nitrogens is 1. The van der Waals surface area contributed by atoms with Crippen molar-refractivity contribution in [2.24, 2.45) is 0 Å². The Morgan fingerprint density at radius 1 is 1.39 bits per heavy atom. The van der Waals surface area contributed by atoms with Crippen LogP contribution in [0.15, 0.2) is 36.2 Å². The average Bonchev–Trinajstić information content (AvgIpc) is 2.97. The molecule has 0 saturated carbocycles. The molecule has 18 heavy (non-hydrogen) atoms. The second-order valence-corrected chi connectivity index (χ2v) is 4.77. The van der Waals surface area contributed by atoms with Crippen molar-refractivity contribution in [1.29, 1.82) is 0 Å². The van der Waals surface area contributed by atoms with Crippen molar-refractivity contribution in [2.45, 2.75) is 26.2 Å². The van der Waals surface area contributed by atoms with Crippen LogP contribution in [0.25, 0.3) is 5.57 Å². The standard InChI is InChI=1S/C13H15BF2N2/c1-2-3-6-11-12-7-4-9-17(12)14(15,16)18-10-5-8-13(11)18/h4-5,7-10H,2-3,6H2,1H3. The molecule has 1 aromatic rings. The number of rotatable bonds is 3. The molecule has 0 aliphatic carbocycles. The van der Waals surface area contributed by atoms with Crippen LogP contribution in [0.3, 0.4) is 0 Å². The van der Waals surface area contributed by atoms with E-state index in [-0.39, 0.29) is 0 Å². The molecule has 5 heteroatoms. The Morgan fingerprint density at radius 3 is 3.00 bits per heavy atom. The molecule has 0 radical (unpaired) electrons. The Hall–Kier alpha value is -1.65. The zero-order chi connectivity index (χ0) is 12.8. The molecule has 3 rings (SSSR count). The van der Waals surface area contributed by atoms with E-state index >= 15 is 0 Å². The molecule has 2 aliphatic rings. The number of unbranched alkanes of at least 4 members (excludes halogenated alkanes) is 1. The van der Waals surface area contributed by atoms with E-state index in [4.69, 9.17) is 0 Å². The zero-order valence-corrected chi connectivity index (χ0v) is 10.3. The lowest BCUT2D eigenvalue weighted by molar-refractivity contribution is -0.356. The largest absolute Gasteiger partial charge is 0.736 e. The maximum atomic E-state index is 14.3. The lowest BCUT2D eigenvalue weighted by Crippen LogP contribution is -2.49. The highest BCUT2D eigenvalue weighted by molar-refractivity contribution is 6.57. The van der Waals surface area contributed by atoms with Crippen molar-refractivity contribution in [3.8, 4) is 0 Å². The van der Waals surface area contributed by atoms with Gasteiger partial charge in [0.1, 0.15) is 6.21 Å². The molecule has 0 saturated heterocycles. The van der Waals surface area contributed by atoms with E-state index < -0.39 is 6.97 Å². The highest BCUT2D eigenvalue weighted by Crippen LogP contribution is 2.36. The second kappa shape index (κ2) is 3.94. The van der Waals surface area contributed by atoms with Crippen LogP contribution >= 0.6 is 0 Å². The average molecular weight is 248 g/mol. The summed E-state index contributed by atoms with van der Waals surface area (Å²) in [6.07, 6.45) is 9.36. The Morgan fingerprint density at radius 2 is 2.22 bits per heavy atom. The summed E-state index contributed by atoms with van der Waals surface area (Å²) in [5.74, 6) is 0. The molecular weight excluding hydrogens is 233 g/mol. The highest BCUT2D eigenvalue weighted by Gasteiger charge is 2.50. The van der Waals surface area contributed by atoms with Gasteiger partial charge in [-0.1, -0.05) is 13.3 Å². The highest BCUT2D eigenvalue weighted by atomic mass is 19.2. The van der Waals surface area contributed by atoms with E-state index in [0.717, 1.165) is 33.8 Å². The second-order valence-electron chi connectivity index (χ2n) is 4.77. The minimum absolute atomic E-state index is 0.666. The van der Waals surface area contributed by atoms with Crippen LogP contribution in [0, 0.1) is 0 Å². The molecule has 2 aliphatic heterocycles. The molecule has 3 heterocycles. The van der Waals surface area contributed by atoms with Crippen molar-refractivity contribution in [2.75, 3.05) is 0 Å². The summed E-state index contributed by atoms with van der Waals surface area (Å²) in [6.45, 7) is -1.61. The summed E-state index contributed by atoms with van der Waals surface area (Å²) in [4.78, 5) is 0. The fourth-order valence-corrected chi connectivity index (χ4v) is 2.72. The maximum absolute atomic E-state index is 14.3. The normalized spacial score (nSPS) is 19.8. The Labute approximate surface area is 105 Å². The Bertz CT molecular complexity index is 582. The number of hydrogen-bond donors (Lipinski definition) is 0. The van der Waals surface area contributed by atoms with Gasteiger partial charge in [-0.3, -0.25) is 0 Å². The van der Waals surface area contributed by atoms with Crippen LogP contribution in [0.2, 0.25) is 0 Å². The predicted octanol–water partition coefficient (Wildman–Crippen LogP) is 3.28. The molecule has 0 atom stereocenters. The summed E-state index contributed by atoms with van der Waals surface area (Å²) >= 11 is 0. The van der Waals surface area contributed by atoms with Gasteiger partial charge in [0.2, 0.25) is 0 Å². The van der Waals surface area contributed by atoms with Gasteiger partial charge in [0, 0.05) is 23.4 Å². The van der Waals surface area contributed by atoms with Gasteiger partial charge >= 0.3 is 6.97 Å². The Balaban J connectivity index is 2.17. The molecule has 0 N–H and O–H groups in total. The fourth-order valence-electron chi connectivity index (χ4n) is 2.72. The monoisotopic (exact) mass is 248 g/mol. The quantitative estimate of drug-likeness (QED) is 0.725. The number of allylic oxidation sites excluding steroid dienone is 3. The molecule has 0 spiro atoms. The minimum Gasteiger partial charge on any atom is -0.396 e. The first-order valence-electron chi connectivity index (χ1n) is 6.39. The van der Waals surface area contributed by atoms with Crippen molar-refractivity contribution in [3.63, 3.8) is 0 Å². The van der Waals surface area contributed by atoms with Crippen molar-refractivity contribution in [1.82, 2.24) is 4.48 Å². The molecular formula is C13H15BF2N2. The van der Waals surface area contributed by atoms with Crippen molar-refractivity contribution in [3.05, 3.63) is 41.9 Å². The van der Waals surface area contributed by atoms with E-state index in [2.05, 4.69) is 6.92 Å². The summed E-state index contributed by atoms with van der Waals surface area (Å²) in [5, 5.41) is 0. The topological polar surface area (TPSA) is 7.94 Å². The van der Waals surface area contributed by atoms with Crippen LogP contribution in [0.5, 0.6) is 0 Å². The van der Waals surface area contributed by atoms with Gasteiger partial charge in [-0.15, -0.1) is 0 Å². The third-order valence-corrected chi connectivity index (χ3v) is 3.63. The Kier molecular flexibility index (Phi) is 2.50. The van der Waals surface area contributed by atoms with E-state index in [9.17, 15) is 8.63 Å². The van der Waals surface area contributed by atoms with Crippen molar-refractivity contribution < 1.29 is 13.1 Å². The van der Waals surface area contributed by atoms with Gasteiger partial charge < -0.3 is 17.6 Å². The molecule has 2 nitrogen and oxygen atoms in total. The lowest BCUT2D eigenvalue weighted by Gasteiger charge is -2.30. The van der Waals surface area contributed by atoms with Gasteiger partial charge in [0.05, 0.1) is 0 Å². The molecule has 0 fully saturated rings. The number of halogens is 2. The lowest BCUT2D eigenvalue weighted by atomic mass is 9.87. The summed E-state index contributed by atoms with van der Waals surface area (Å²) in [5.41, 5.74) is 2.36. The van der Waals surface area contributed by atoms with Crippen molar-refractivity contribution >= 4 is 18.8 Å². The van der Waals surface area contributed by atoms with E-state index in [1.165, 1.54) is 12.4 Å². The van der Waals surface area contributed by atoms with Crippen LogP contribution in [-0.4, -0.2) is 22.1 Å². The first kappa shape index (κ1) is 11.4. The number of hydrogen-bond acceptors (Lipinski definition) is 0. The number of fused-ring (bicyclic) bond motifs is 2. The third kappa shape index (κ3) is 1.43. The van der Waals surface area contributed by atoms with Gasteiger partial charge in [0.25, 0.3) is 0 Å². The molecule has 0 aromatic carbocycles. The summed E-state index contributed by atoms with van der Waals surface area (Å²) in [6, 6.07) is 3.49.